The van der Waals surface area contributed by atoms with Gasteiger partial charge in [-0.15, -0.1) is 0 Å². The average molecular weight is 296 g/mol. The van der Waals surface area contributed by atoms with Gasteiger partial charge in [0.25, 0.3) is 0 Å². The number of hydrogen-bond donors (Lipinski definition) is 1. The summed E-state index contributed by atoms with van der Waals surface area (Å²) in [4.78, 5) is 20.2. The van der Waals surface area contributed by atoms with E-state index < -0.39 is 5.60 Å². The lowest BCUT2D eigenvalue weighted by Gasteiger charge is -2.39. The first-order valence-electron chi connectivity index (χ1n) is 7.81. The highest BCUT2D eigenvalue weighted by Crippen LogP contribution is 2.19. The Morgan fingerprint density at radius 2 is 1.90 bits per heavy atom. The van der Waals surface area contributed by atoms with Gasteiger partial charge < -0.3 is 20.3 Å². The molecular formula is C15H28N4O2. The maximum Gasteiger partial charge on any atom is 0.410 e. The Bertz CT molecular complexity index is 410. The second kappa shape index (κ2) is 6.12. The fourth-order valence-electron chi connectivity index (χ4n) is 2.68. The third-order valence-electron chi connectivity index (χ3n) is 3.81. The van der Waals surface area contributed by atoms with E-state index in [1.165, 1.54) is 12.8 Å². The Morgan fingerprint density at radius 1 is 1.24 bits per heavy atom. The predicted molar refractivity (Wildman–Crippen MR) is 83.2 cm³/mol. The molecular weight excluding hydrogens is 268 g/mol. The third kappa shape index (κ3) is 4.51. The lowest BCUT2D eigenvalue weighted by atomic mass is 10.0. The van der Waals surface area contributed by atoms with Crippen LogP contribution in [0.25, 0.3) is 0 Å². The number of rotatable bonds is 1. The number of hydrogen-bond acceptors (Lipinski definition) is 3. The fraction of sp³-hybridized carbons (Fsp3) is 0.867. The number of aliphatic imine (C=N–C) groups is 1. The van der Waals surface area contributed by atoms with Crippen LogP contribution in [0.1, 0.15) is 40.5 Å². The molecule has 6 heteroatoms. The Morgan fingerprint density at radius 3 is 2.48 bits per heavy atom. The van der Waals surface area contributed by atoms with Crippen molar-refractivity contribution < 1.29 is 9.53 Å². The topological polar surface area (TPSA) is 71.2 Å². The van der Waals surface area contributed by atoms with Gasteiger partial charge in [-0.25, -0.2) is 9.79 Å². The van der Waals surface area contributed by atoms with Crippen LogP contribution in [0.5, 0.6) is 0 Å². The molecule has 0 aromatic rings. The van der Waals surface area contributed by atoms with E-state index in [0.717, 1.165) is 13.1 Å². The van der Waals surface area contributed by atoms with Crippen molar-refractivity contribution in [1.82, 2.24) is 9.80 Å². The van der Waals surface area contributed by atoms with Crippen molar-refractivity contribution in [3.63, 3.8) is 0 Å². The van der Waals surface area contributed by atoms with Crippen LogP contribution in [0, 0.1) is 5.92 Å². The number of piperidine rings is 1. The summed E-state index contributed by atoms with van der Waals surface area (Å²) in [5, 5.41) is 0. The average Bonchev–Trinajstić information content (AvgIpc) is 2.30. The summed E-state index contributed by atoms with van der Waals surface area (Å²) in [5.74, 6) is 1.29. The number of likely N-dealkylation sites (tertiary alicyclic amines) is 2. The zero-order valence-corrected chi connectivity index (χ0v) is 13.6. The molecule has 2 N–H and O–H groups in total. The van der Waals surface area contributed by atoms with Crippen LogP contribution in [-0.4, -0.2) is 59.7 Å². The number of nitrogens with zero attached hydrogens (tertiary/aromatic N) is 3. The number of carbonyl (C=O) groups is 1. The van der Waals surface area contributed by atoms with Crippen LogP contribution in [-0.2, 0) is 4.74 Å². The molecule has 6 nitrogen and oxygen atoms in total. The molecule has 2 aliphatic heterocycles. The van der Waals surface area contributed by atoms with E-state index in [0.29, 0.717) is 25.0 Å². The van der Waals surface area contributed by atoms with Crippen molar-refractivity contribution in [3.8, 4) is 0 Å². The number of guanidine groups is 1. The SMILES string of the molecule is CC1CCCN(C(N)=NC2CN(C(=O)OC(C)(C)C)C2)C1. The minimum atomic E-state index is -0.450. The lowest BCUT2D eigenvalue weighted by molar-refractivity contribution is 0.00892. The van der Waals surface area contributed by atoms with Crippen LogP contribution in [0.3, 0.4) is 0 Å². The summed E-state index contributed by atoms with van der Waals surface area (Å²) in [7, 11) is 0. The zero-order chi connectivity index (χ0) is 15.6. The highest BCUT2D eigenvalue weighted by atomic mass is 16.6. The van der Waals surface area contributed by atoms with Gasteiger partial charge in [-0.2, -0.15) is 0 Å². The van der Waals surface area contributed by atoms with Gasteiger partial charge in [0.05, 0.1) is 6.04 Å². The van der Waals surface area contributed by atoms with Gasteiger partial charge in [-0.05, 0) is 39.5 Å². The molecule has 2 aliphatic rings. The molecule has 0 spiro atoms. The van der Waals surface area contributed by atoms with Gasteiger partial charge in [-0.1, -0.05) is 6.92 Å². The largest absolute Gasteiger partial charge is 0.444 e. The van der Waals surface area contributed by atoms with Gasteiger partial charge in [0.1, 0.15) is 5.60 Å². The molecule has 0 bridgehead atoms. The third-order valence-corrected chi connectivity index (χ3v) is 3.81. The Balaban J connectivity index is 1.79. The quantitative estimate of drug-likeness (QED) is 0.590. The Hall–Kier alpha value is -1.46. The summed E-state index contributed by atoms with van der Waals surface area (Å²) >= 11 is 0. The Labute approximate surface area is 127 Å². The van der Waals surface area contributed by atoms with Gasteiger partial charge in [0.2, 0.25) is 0 Å². The van der Waals surface area contributed by atoms with Crippen LogP contribution in [0.2, 0.25) is 0 Å². The predicted octanol–water partition coefficient (Wildman–Crippen LogP) is 1.65. The van der Waals surface area contributed by atoms with E-state index in [2.05, 4.69) is 16.8 Å². The van der Waals surface area contributed by atoms with E-state index in [-0.39, 0.29) is 12.1 Å². The standard InChI is InChI=1S/C15H28N4O2/c1-11-6-5-7-18(8-11)13(16)17-12-9-19(10-12)14(20)21-15(2,3)4/h11-12H,5-10H2,1-4H3,(H2,16,17). The summed E-state index contributed by atoms with van der Waals surface area (Å²) in [6, 6.07) is 0.106. The number of nitrogens with two attached hydrogens (primary N) is 1. The number of amides is 1. The van der Waals surface area contributed by atoms with Crippen LogP contribution in [0.15, 0.2) is 4.99 Å². The molecule has 0 aliphatic carbocycles. The fourth-order valence-corrected chi connectivity index (χ4v) is 2.68. The molecule has 2 fully saturated rings. The molecule has 1 unspecified atom stereocenters. The van der Waals surface area contributed by atoms with Gasteiger partial charge in [0, 0.05) is 26.2 Å². The molecule has 0 aromatic carbocycles. The van der Waals surface area contributed by atoms with E-state index in [9.17, 15) is 4.79 Å². The minimum absolute atomic E-state index is 0.106. The highest BCUT2D eigenvalue weighted by Gasteiger charge is 2.34. The number of carbonyl (C=O) groups excluding carboxylic acids is 1. The van der Waals surface area contributed by atoms with Crippen LogP contribution in [0.4, 0.5) is 4.79 Å². The summed E-state index contributed by atoms with van der Waals surface area (Å²) in [6.07, 6.45) is 2.17. The first-order valence-corrected chi connectivity index (χ1v) is 7.81. The van der Waals surface area contributed by atoms with Crippen molar-refractivity contribution in [1.29, 1.82) is 0 Å². The molecule has 1 atom stereocenters. The first kappa shape index (κ1) is 15.9. The second-order valence-electron chi connectivity index (χ2n) is 7.22. The van der Waals surface area contributed by atoms with Crippen molar-refractivity contribution in [3.05, 3.63) is 0 Å². The highest BCUT2D eigenvalue weighted by molar-refractivity contribution is 5.78. The van der Waals surface area contributed by atoms with Crippen molar-refractivity contribution in [2.24, 2.45) is 16.6 Å². The van der Waals surface area contributed by atoms with Crippen molar-refractivity contribution in [2.45, 2.75) is 52.2 Å². The Kier molecular flexibility index (Phi) is 4.64. The maximum absolute atomic E-state index is 11.8. The summed E-state index contributed by atoms with van der Waals surface area (Å²) < 4.78 is 5.32. The van der Waals surface area contributed by atoms with Crippen LogP contribution < -0.4 is 5.73 Å². The summed E-state index contributed by atoms with van der Waals surface area (Å²) in [6.45, 7) is 11.0. The van der Waals surface area contributed by atoms with E-state index in [1.54, 1.807) is 4.90 Å². The lowest BCUT2D eigenvalue weighted by Crippen LogP contribution is -2.55. The number of ether oxygens (including phenoxy) is 1. The molecule has 21 heavy (non-hydrogen) atoms. The molecule has 0 radical (unpaired) electrons. The smallest absolute Gasteiger partial charge is 0.410 e. The monoisotopic (exact) mass is 296 g/mol. The van der Waals surface area contributed by atoms with Gasteiger partial charge in [0.15, 0.2) is 5.96 Å². The zero-order valence-electron chi connectivity index (χ0n) is 13.6. The maximum atomic E-state index is 11.8. The van der Waals surface area contributed by atoms with Crippen molar-refractivity contribution in [2.75, 3.05) is 26.2 Å². The normalized spacial score (nSPS) is 24.8. The van der Waals surface area contributed by atoms with Gasteiger partial charge in [-0.3, -0.25) is 0 Å². The second-order valence-corrected chi connectivity index (χ2v) is 7.22. The molecule has 0 saturated carbocycles. The van der Waals surface area contributed by atoms with Crippen LogP contribution >= 0.6 is 0 Å². The van der Waals surface area contributed by atoms with E-state index >= 15 is 0 Å². The molecule has 0 aromatic heterocycles. The molecule has 120 valence electrons. The first-order chi connectivity index (χ1) is 9.74. The molecule has 2 heterocycles. The van der Waals surface area contributed by atoms with E-state index in [4.69, 9.17) is 10.5 Å². The van der Waals surface area contributed by atoms with Gasteiger partial charge >= 0.3 is 6.09 Å². The minimum Gasteiger partial charge on any atom is -0.444 e. The van der Waals surface area contributed by atoms with Crippen molar-refractivity contribution >= 4 is 12.1 Å². The molecule has 2 rings (SSSR count). The summed E-state index contributed by atoms with van der Waals surface area (Å²) in [5.41, 5.74) is 5.64. The molecule has 2 saturated heterocycles. The van der Waals surface area contributed by atoms with E-state index in [1.807, 2.05) is 20.8 Å². The molecule has 1 amide bonds.